The Bertz CT molecular complexity index is 6030. The third-order valence-corrected chi connectivity index (χ3v) is 15.5. The van der Waals surface area contributed by atoms with Gasteiger partial charge in [0.2, 0.25) is 0 Å². The molecule has 0 radical (unpaired) electrons. The van der Waals surface area contributed by atoms with Gasteiger partial charge in [0.1, 0.15) is 110 Å². The molecule has 0 saturated heterocycles. The van der Waals surface area contributed by atoms with Crippen LogP contribution in [0.15, 0.2) is 255 Å². The lowest BCUT2D eigenvalue weighted by molar-refractivity contribution is 0.105. The van der Waals surface area contributed by atoms with E-state index in [-0.39, 0.29) is 41.9 Å². The van der Waals surface area contributed by atoms with Gasteiger partial charge in [-0.05, 0) is 68.7 Å². The summed E-state index contributed by atoms with van der Waals surface area (Å²) in [4.78, 5) is 0. The van der Waals surface area contributed by atoms with Gasteiger partial charge in [-0.3, -0.25) is 0 Å². The second-order valence-electron chi connectivity index (χ2n) is 26.4. The molecule has 0 saturated carbocycles. The first-order chi connectivity index (χ1) is 65.8. The van der Waals surface area contributed by atoms with Crippen molar-refractivity contribution >= 4 is 64.6 Å². The summed E-state index contributed by atoms with van der Waals surface area (Å²) in [6, 6.07) is 71.4. The molecule has 9 unspecified atom stereocenters. The molecule has 0 amide bonds. The van der Waals surface area contributed by atoms with E-state index in [4.69, 9.17) is 68.2 Å². The maximum atomic E-state index is 10.2. The molecule has 0 aromatic heterocycles. The first-order valence-electron chi connectivity index (χ1n) is 51.5. The van der Waals surface area contributed by atoms with Gasteiger partial charge in [0.05, 0.1) is 16.4 Å². The lowest BCUT2D eigenvalue weighted by Gasteiger charge is -2.15. The Hall–Kier alpha value is -9.48. The zero-order chi connectivity index (χ0) is 108. The van der Waals surface area contributed by atoms with Crippen LogP contribution in [0.1, 0.15) is 123 Å². The summed E-state index contributed by atoms with van der Waals surface area (Å²) in [7, 11) is 0. The number of benzene rings is 12. The van der Waals surface area contributed by atoms with Crippen molar-refractivity contribution in [3.63, 3.8) is 0 Å². The first kappa shape index (κ1) is 57.5. The highest BCUT2D eigenvalue weighted by Gasteiger charge is 2.15. The van der Waals surface area contributed by atoms with Crippen LogP contribution < -0.4 is 60.3 Å². The third-order valence-electron chi connectivity index (χ3n) is 15.5. The summed E-state index contributed by atoms with van der Waals surface area (Å²) >= 11 is 0. The Morgan fingerprint density at radius 1 is 0.254 bits per heavy atom. The van der Waals surface area contributed by atoms with Crippen LogP contribution in [-0.4, -0.2) is 182 Å². The van der Waals surface area contributed by atoms with Gasteiger partial charge in [-0.2, -0.15) is 0 Å². The van der Waals surface area contributed by atoms with Crippen LogP contribution in [0.25, 0.3) is 64.6 Å². The number of ether oxygens (including phenoxy) is 6. The van der Waals surface area contributed by atoms with Gasteiger partial charge in [0.15, 0.2) is 0 Å². The van der Waals surface area contributed by atoms with Gasteiger partial charge in [-0.15, -0.1) is 0 Å². The number of hydrogen-bond acceptors (Lipinski definition) is 18. The van der Waals surface area contributed by atoms with Gasteiger partial charge < -0.3 is 91.0 Å². The average Bonchev–Trinajstić information content (AvgIpc) is 0.795. The molecule has 12 aromatic carbocycles. The fraction of sp³-hybridized carbons (Fsp3) is 0.375. The predicted molar refractivity (Wildman–Crippen MR) is 472 cm³/mol. The average molecular weight is 1590 g/mol. The molecule has 114 heavy (non-hydrogen) atoms. The van der Waals surface area contributed by atoms with Crippen LogP contribution in [0, 0.1) is 0 Å². The second-order valence-corrected chi connectivity index (χ2v) is 26.4. The zero-order valence-corrected chi connectivity index (χ0v) is 65.3. The molecule has 12 rings (SSSR count). The van der Waals surface area contributed by atoms with Gasteiger partial charge in [-0.1, -0.05) is 301 Å². The van der Waals surface area contributed by atoms with Crippen LogP contribution in [0.4, 0.5) is 0 Å². The first-order valence-corrected chi connectivity index (χ1v) is 37.0. The summed E-state index contributed by atoms with van der Waals surface area (Å²) in [6.45, 7) is -15.5. The van der Waals surface area contributed by atoms with E-state index in [2.05, 4.69) is 31.9 Å². The van der Waals surface area contributed by atoms with E-state index in [1.807, 2.05) is 166 Å². The minimum Gasteiger partial charge on any atom is -0.490 e. The van der Waals surface area contributed by atoms with Crippen LogP contribution in [0.3, 0.4) is 0 Å². The zero-order valence-electron chi connectivity index (χ0n) is 94.3. The van der Waals surface area contributed by atoms with Crippen LogP contribution in [0.2, 0.25) is 0 Å². The number of hydrogen-bond donors (Lipinski definition) is 12. The second kappa shape index (κ2) is 50.7. The Morgan fingerprint density at radius 3 is 0.737 bits per heavy atom. The summed E-state index contributed by atoms with van der Waals surface area (Å²) in [5.74, 6) is 1.82. The molecular formula is C96H126N6O12. The van der Waals surface area contributed by atoms with E-state index in [0.717, 1.165) is 48.5 Å². The van der Waals surface area contributed by atoms with E-state index >= 15 is 0 Å². The SMILES string of the molecule is [2H]C(O)(CNC(C)C)C([2H])([2H])Oc1cccc2ccccc12.[2H]C(O)(COc1cccc2ccccc12)C([2H])([2H])NC(C)C.[2H]C([2H])(NC(C)C)C(O)C([2H])([2H])Oc1cccc2ccccc12.[2H]C([2H])([2H])C(C)NC([2H])([2H])C(O)C([2H])([2H])Oc1cccc2ccccc12.[2H]C([2H])([2H])C(C)NC([2H])([2H])C([2H])(O)COc1cccc2ccccc12.[2H]C([2H])([2H])C(C)NCC([2H])(O)C([2H])([2H])Oc1cccc2ccccc12. The molecule has 0 fully saturated rings. The van der Waals surface area contributed by atoms with Crippen molar-refractivity contribution in [1.29, 1.82) is 0 Å². The topological polar surface area (TPSA) is 249 Å². The van der Waals surface area contributed by atoms with Gasteiger partial charge in [0.25, 0.3) is 0 Å². The van der Waals surface area contributed by atoms with Crippen LogP contribution in [0.5, 0.6) is 34.5 Å². The summed E-state index contributed by atoms with van der Waals surface area (Å²) < 4.78 is 256. The van der Waals surface area contributed by atoms with Gasteiger partial charge in [-0.25, -0.2) is 0 Å². The molecule has 0 spiro atoms. The highest BCUT2D eigenvalue weighted by atomic mass is 16.5. The molecule has 0 aliphatic rings. The highest BCUT2D eigenvalue weighted by molar-refractivity contribution is 5.92. The van der Waals surface area contributed by atoms with Crippen LogP contribution in [-0.2, 0) is 0 Å². The molecule has 0 aliphatic carbocycles. The van der Waals surface area contributed by atoms with E-state index in [0.29, 0.717) is 33.4 Å². The van der Waals surface area contributed by atoms with E-state index in [9.17, 15) is 30.6 Å². The Labute approximate surface area is 716 Å². The minimum atomic E-state index is -2.81. The number of fused-ring (bicyclic) bond motifs is 6. The van der Waals surface area contributed by atoms with Crippen molar-refractivity contribution in [1.82, 2.24) is 31.9 Å². The Morgan fingerprint density at radius 2 is 0.465 bits per heavy atom. The van der Waals surface area contributed by atoms with Crippen molar-refractivity contribution in [2.45, 2.75) is 156 Å². The molecule has 18 nitrogen and oxygen atoms in total. The molecule has 0 bridgehead atoms. The highest BCUT2D eigenvalue weighted by Crippen LogP contribution is 2.31. The fourth-order valence-electron chi connectivity index (χ4n) is 10.2. The van der Waals surface area contributed by atoms with Crippen molar-refractivity contribution in [3.05, 3.63) is 255 Å². The van der Waals surface area contributed by atoms with Gasteiger partial charge in [0, 0.05) is 131 Å². The molecule has 0 heterocycles. The summed E-state index contributed by atoms with van der Waals surface area (Å²) in [5.41, 5.74) is 0. The maximum absolute atomic E-state index is 10.2. The smallest absolute Gasteiger partial charge is 0.127 e. The lowest BCUT2D eigenvalue weighted by Crippen LogP contribution is -2.35. The quantitative estimate of drug-likeness (QED) is 0.0174. The van der Waals surface area contributed by atoms with E-state index < -0.39 is 147 Å². The molecule has 0 aliphatic heterocycles. The Kier molecular flexibility index (Phi) is 25.6. The van der Waals surface area contributed by atoms with Crippen molar-refractivity contribution in [2.24, 2.45) is 0 Å². The van der Waals surface area contributed by atoms with E-state index in [1.165, 1.54) is 26.8 Å². The van der Waals surface area contributed by atoms with Crippen molar-refractivity contribution < 1.29 is 98.8 Å². The molecular weight excluding hydrogens is 1430 g/mol. The maximum Gasteiger partial charge on any atom is 0.127 e. The van der Waals surface area contributed by atoms with Gasteiger partial charge >= 0.3 is 0 Å². The molecule has 18 heteroatoms. The minimum absolute atomic E-state index is 0.0326. The summed E-state index contributed by atoms with van der Waals surface area (Å²) in [5, 5.41) is 85.4. The standard InChI is InChI=1S/6C16H21NO2/c6*1-12(2)17-10-14(18)11-19-16-9-5-7-13-6-3-4-8-15(13)16/h6*3-9,12,14,17-18H,10-11H2,1-2H3/i1D3,11D2,14D;1D3,10D2,14D;1D3,10D2,11D2;11D2,14D;10D2,14D;10D2,11D2. The predicted octanol–water partition coefficient (Wildman–Crippen LogP) is 15.5. The fourth-order valence-corrected chi connectivity index (χ4v) is 10.2. The monoisotopic (exact) mass is 1580 g/mol. The molecule has 12 N–H and O–H groups in total. The van der Waals surface area contributed by atoms with E-state index in [1.54, 1.807) is 125 Å². The number of nitrogens with one attached hydrogen (secondary N) is 6. The number of rotatable bonds is 36. The van der Waals surface area contributed by atoms with Crippen LogP contribution >= 0.6 is 0 Å². The molecule has 612 valence electrons. The Balaban J connectivity index is 0.000000233. The molecule has 12 aromatic rings. The summed E-state index contributed by atoms with van der Waals surface area (Å²) in [6.07, 6.45) is -14.5. The molecule has 9 atom stereocenters. The normalized spacial score (nSPS) is 19.8. The largest absolute Gasteiger partial charge is 0.490 e. The third kappa shape index (κ3) is 33.9. The number of aliphatic hydroxyl groups excluding tert-OH is 2. The number of aliphatic hydroxyl groups is 6. The van der Waals surface area contributed by atoms with Crippen molar-refractivity contribution in [3.8, 4) is 34.5 Å². The lowest BCUT2D eigenvalue weighted by atomic mass is 10.1. The van der Waals surface area contributed by atoms with Crippen molar-refractivity contribution in [2.75, 3.05) is 78.5 Å².